The van der Waals surface area contributed by atoms with Crippen molar-refractivity contribution in [2.75, 3.05) is 0 Å². The van der Waals surface area contributed by atoms with Crippen molar-refractivity contribution in [2.24, 2.45) is 11.8 Å². The van der Waals surface area contributed by atoms with E-state index in [0.717, 1.165) is 0 Å². The Kier molecular flexibility index (Phi) is 20.9. The number of carbonyl (C=O) groups excluding carboxylic acids is 2. The molecular weight excluding hydrogens is 583 g/mol. The molecule has 0 N–H and O–H groups in total. The van der Waals surface area contributed by atoms with Crippen molar-refractivity contribution in [1.29, 1.82) is 0 Å². The van der Waals surface area contributed by atoms with Gasteiger partial charge < -0.3 is 9.53 Å². The molecule has 0 spiro atoms. The van der Waals surface area contributed by atoms with Gasteiger partial charge in [-0.2, -0.15) is 0 Å². The van der Waals surface area contributed by atoms with Gasteiger partial charge in [-0.1, -0.05) is 92.7 Å². The number of carbonyl (C=O) groups is 1. The minimum atomic E-state index is -0.877. The predicted molar refractivity (Wildman–Crippen MR) is 172 cm³/mol. The molecular formula is C36H42FeO4P. The number of ether oxygens (including phenoxy) is 1. The summed E-state index contributed by atoms with van der Waals surface area (Å²) in [4.78, 5) is 22.0. The zero-order valence-corrected chi connectivity index (χ0v) is 27.2. The number of hydrogen-bond acceptors (Lipinski definition) is 3. The molecule has 0 amide bonds. The predicted octanol–water partition coefficient (Wildman–Crippen LogP) is 6.94. The summed E-state index contributed by atoms with van der Waals surface area (Å²) >= 11 is 0. The molecule has 1 radical (unpaired) electrons. The van der Waals surface area contributed by atoms with Crippen LogP contribution < -0.4 is 15.9 Å². The second-order valence-electron chi connectivity index (χ2n) is 10.6. The number of allylic oxidation sites excluding steroid dienone is 4. The van der Waals surface area contributed by atoms with Crippen LogP contribution >= 0.6 is 7.92 Å². The largest absolute Gasteiger partial charge is 0.102 e. The smallest absolute Gasteiger partial charge is 0.0767 e. The van der Waals surface area contributed by atoms with Gasteiger partial charge in [0.2, 0.25) is 0 Å². The van der Waals surface area contributed by atoms with Crippen molar-refractivity contribution < 1.29 is 36.0 Å². The molecule has 1 aliphatic carbocycles. The van der Waals surface area contributed by atoms with Gasteiger partial charge in [0.05, 0.1) is 7.92 Å². The van der Waals surface area contributed by atoms with Crippen LogP contribution in [-0.2, 0) is 36.0 Å². The van der Waals surface area contributed by atoms with Crippen LogP contribution in [0, 0.1) is 24.9 Å². The molecule has 4 nitrogen and oxygen atoms in total. The number of benzene rings is 3. The van der Waals surface area contributed by atoms with Gasteiger partial charge in [0, 0.05) is 29.4 Å². The topological polar surface area (TPSA) is 63.3 Å². The summed E-state index contributed by atoms with van der Waals surface area (Å²) in [6.45, 7) is 14.0. The van der Waals surface area contributed by atoms with Crippen LogP contribution in [0.5, 0.6) is 0 Å². The Labute approximate surface area is 264 Å². The Balaban J connectivity index is 0.000000653. The monoisotopic (exact) mass is 625 g/mol. The quantitative estimate of drug-likeness (QED) is 0.0896. The van der Waals surface area contributed by atoms with Gasteiger partial charge in [-0.3, -0.25) is 11.1 Å². The molecule has 42 heavy (non-hydrogen) atoms. The third-order valence-electron chi connectivity index (χ3n) is 5.57. The first kappa shape index (κ1) is 39.0. The maximum Gasteiger partial charge on any atom is 0.102 e. The average molecular weight is 626 g/mol. The zero-order valence-electron chi connectivity index (χ0n) is 25.1. The summed E-state index contributed by atoms with van der Waals surface area (Å²) in [5, 5.41) is 4.31. The summed E-state index contributed by atoms with van der Waals surface area (Å²) in [6.07, 6.45) is 12.6. The van der Waals surface area contributed by atoms with Crippen LogP contribution in [0.1, 0.15) is 47.5 Å². The van der Waals surface area contributed by atoms with Gasteiger partial charge in [-0.15, -0.1) is 6.42 Å². The van der Waals surface area contributed by atoms with E-state index in [0.29, 0.717) is 12.3 Å². The van der Waals surface area contributed by atoms with E-state index in [1.807, 2.05) is 65.3 Å². The molecule has 0 unspecified atom stereocenters. The Hall–Kier alpha value is -3.03. The molecule has 0 saturated heterocycles. The van der Waals surface area contributed by atoms with Crippen LogP contribution in [0.4, 0.5) is 0 Å². The fraction of sp³-hybridized carbons (Fsp3) is 0.278. The fourth-order valence-corrected chi connectivity index (χ4v) is 6.53. The molecule has 0 bridgehead atoms. The molecule has 0 fully saturated rings. The van der Waals surface area contributed by atoms with Crippen molar-refractivity contribution >= 4 is 36.1 Å². The summed E-state index contributed by atoms with van der Waals surface area (Å²) in [6, 6.07) is 32.5. The van der Waals surface area contributed by atoms with E-state index in [2.05, 4.69) is 97.6 Å². The number of esters is 1. The summed E-state index contributed by atoms with van der Waals surface area (Å²) in [5.74, 6) is -0.267. The number of hydrogen-bond donors (Lipinski definition) is 0. The van der Waals surface area contributed by atoms with E-state index in [1.54, 1.807) is 6.29 Å². The standard InChI is InChI=1S/C18H15P.C12H21O3.C5H5.CO.Fe/c1-4-10-16(11-5-1)19(17-12-6-2-7-13-17)18-14-8-3-9-15-18;1-9(2)8-10(6-7-13)11(14)15-12(3,4)5;1-2-4-5-3-1;1-2;/h1-15H;9-10H,6,8H2,1-5H3;1-5H;;/q;-1;;;/p+1/t;10-;;;/m.0.../s1. The Morgan fingerprint density at radius 3 is 1.43 bits per heavy atom. The van der Waals surface area contributed by atoms with E-state index in [9.17, 15) is 9.59 Å². The minimum absolute atomic E-state index is 0. The van der Waals surface area contributed by atoms with Crippen molar-refractivity contribution in [3.8, 4) is 0 Å². The van der Waals surface area contributed by atoms with Gasteiger partial charge in [0.25, 0.3) is 0 Å². The second-order valence-corrected chi connectivity index (χ2v) is 13.1. The Bertz CT molecular complexity index is 1100. The summed E-state index contributed by atoms with van der Waals surface area (Å²) in [7, 11) is -0.877. The molecule has 1 aliphatic rings. The average Bonchev–Trinajstić information content (AvgIpc) is 3.56. The molecule has 1 atom stereocenters. The van der Waals surface area contributed by atoms with E-state index in [-0.39, 0.29) is 35.4 Å². The van der Waals surface area contributed by atoms with E-state index in [4.69, 9.17) is 9.39 Å². The molecule has 3 aromatic rings. The van der Waals surface area contributed by atoms with Crippen LogP contribution in [0.3, 0.4) is 0 Å². The van der Waals surface area contributed by atoms with Crippen LogP contribution in [0.25, 0.3) is 0 Å². The molecule has 0 aliphatic heterocycles. The van der Waals surface area contributed by atoms with Crippen molar-refractivity contribution in [3.63, 3.8) is 0 Å². The first-order valence-corrected chi connectivity index (χ1v) is 15.2. The third kappa shape index (κ3) is 16.4. The normalized spacial score (nSPS) is 11.8. The Morgan fingerprint density at radius 2 is 1.17 bits per heavy atom. The second kappa shape index (κ2) is 22.6. The zero-order chi connectivity index (χ0) is 30.5. The van der Waals surface area contributed by atoms with Crippen molar-refractivity contribution in [1.82, 2.24) is 0 Å². The summed E-state index contributed by atoms with van der Waals surface area (Å²) in [5.41, 5.74) is -0.491. The maximum atomic E-state index is 11.7. The van der Waals surface area contributed by atoms with E-state index >= 15 is 0 Å². The summed E-state index contributed by atoms with van der Waals surface area (Å²) < 4.78 is 12.7. The molecule has 223 valence electrons. The van der Waals surface area contributed by atoms with Gasteiger partial charge in [-0.25, -0.2) is 0 Å². The maximum absolute atomic E-state index is 11.7. The van der Waals surface area contributed by atoms with Crippen molar-refractivity contribution in [2.45, 2.75) is 53.1 Å². The van der Waals surface area contributed by atoms with Gasteiger partial charge in [0.1, 0.15) is 21.5 Å². The third-order valence-corrected chi connectivity index (χ3v) is 8.30. The molecule has 4 rings (SSSR count). The van der Waals surface area contributed by atoms with Crippen LogP contribution in [0.15, 0.2) is 115 Å². The molecule has 6 heteroatoms. The molecule has 3 aromatic carbocycles. The van der Waals surface area contributed by atoms with Crippen molar-refractivity contribution in [3.05, 3.63) is 128 Å². The van der Waals surface area contributed by atoms with Gasteiger partial charge >= 0.3 is 17.3 Å². The fourth-order valence-electron chi connectivity index (χ4n) is 3.95. The molecule has 0 saturated carbocycles. The van der Waals surface area contributed by atoms with Crippen LogP contribution in [-0.4, -0.2) is 17.9 Å². The Morgan fingerprint density at radius 1 is 0.786 bits per heavy atom. The number of rotatable bonds is 8. The van der Waals surface area contributed by atoms with E-state index in [1.165, 1.54) is 15.9 Å². The minimum Gasteiger partial charge on any atom is -0.0767 e. The first-order chi connectivity index (χ1) is 19.7. The first-order valence-electron chi connectivity index (χ1n) is 13.7. The van der Waals surface area contributed by atoms with E-state index < -0.39 is 13.5 Å². The molecule has 0 heterocycles. The molecule has 0 aromatic heterocycles. The van der Waals surface area contributed by atoms with Crippen LogP contribution in [0.2, 0.25) is 0 Å². The SMILES string of the molecule is CC(C)C[C@H](C[C-]=O)C(=O)OC(C)(C)C.[C-]#[O+].[CH]1C=CC=C1.[Fe].c1ccc([PH+](c2ccccc2)c2ccccc2)cc1. The van der Waals surface area contributed by atoms with Gasteiger partial charge in [-0.05, 0) is 69.5 Å². The van der Waals surface area contributed by atoms with Gasteiger partial charge in [0.15, 0.2) is 0 Å².